The van der Waals surface area contributed by atoms with Crippen LogP contribution in [-0.4, -0.2) is 91.2 Å². The predicted octanol–water partition coefficient (Wildman–Crippen LogP) is 4.86. The molecule has 2 aromatic carbocycles. The molecule has 4 aliphatic carbocycles. The predicted molar refractivity (Wildman–Crippen MR) is 170 cm³/mol. The van der Waals surface area contributed by atoms with Crippen molar-refractivity contribution in [3.05, 3.63) is 54.1 Å². The second kappa shape index (κ2) is 11.7. The van der Waals surface area contributed by atoms with Crippen molar-refractivity contribution in [2.45, 2.75) is 62.5 Å². The number of aliphatic hydroxyl groups is 1. The van der Waals surface area contributed by atoms with Crippen LogP contribution in [0.2, 0.25) is 0 Å². The molecule has 240 valence electrons. The zero-order valence-electron chi connectivity index (χ0n) is 26.0. The first-order chi connectivity index (χ1) is 21.9. The number of morpholine rings is 1. The number of hydroxylamine groups is 1. The van der Waals surface area contributed by atoms with Crippen LogP contribution in [0, 0.1) is 17.8 Å². The zero-order valence-corrected chi connectivity index (χ0v) is 26.0. The highest BCUT2D eigenvalue weighted by Crippen LogP contribution is 2.55. The number of piperidine rings is 1. The third-order valence-corrected chi connectivity index (χ3v) is 11.4. The molecule has 3 unspecified atom stereocenters. The number of amides is 3. The van der Waals surface area contributed by atoms with E-state index in [4.69, 9.17) is 9.57 Å². The van der Waals surface area contributed by atoms with Crippen molar-refractivity contribution in [2.75, 3.05) is 62.4 Å². The summed E-state index contributed by atoms with van der Waals surface area (Å²) in [5.41, 5.74) is 3.80. The van der Waals surface area contributed by atoms with E-state index in [9.17, 15) is 14.7 Å². The van der Waals surface area contributed by atoms with Crippen LogP contribution in [0.3, 0.4) is 0 Å². The Labute approximate surface area is 265 Å². The van der Waals surface area contributed by atoms with Crippen molar-refractivity contribution in [3.8, 4) is 0 Å². The van der Waals surface area contributed by atoms with Gasteiger partial charge in [-0.25, -0.2) is 14.7 Å². The second-order valence-corrected chi connectivity index (χ2v) is 14.2. The van der Waals surface area contributed by atoms with Gasteiger partial charge in [0.2, 0.25) is 0 Å². The van der Waals surface area contributed by atoms with Crippen LogP contribution >= 0.6 is 0 Å². The van der Waals surface area contributed by atoms with Gasteiger partial charge in [-0.3, -0.25) is 0 Å². The number of carbonyl (C=O) groups is 2. The van der Waals surface area contributed by atoms with Gasteiger partial charge in [0.25, 0.3) is 0 Å². The molecule has 2 aromatic rings. The smallest absolute Gasteiger partial charge is 0.390 e. The van der Waals surface area contributed by atoms with E-state index in [1.54, 1.807) is 5.06 Å². The van der Waals surface area contributed by atoms with Crippen molar-refractivity contribution in [1.29, 1.82) is 0 Å². The van der Waals surface area contributed by atoms with Gasteiger partial charge in [-0.15, -0.1) is 0 Å². The molecule has 45 heavy (non-hydrogen) atoms. The average Bonchev–Trinajstić information content (AvgIpc) is 3.06. The van der Waals surface area contributed by atoms with Crippen molar-refractivity contribution >= 4 is 29.2 Å². The molecule has 0 aromatic heterocycles. The quantitative estimate of drug-likeness (QED) is 0.507. The number of para-hydroxylation sites is 2. The molecule has 0 radical (unpaired) electrons. The van der Waals surface area contributed by atoms with Gasteiger partial charge in [0.05, 0.1) is 36.7 Å². The van der Waals surface area contributed by atoms with Crippen LogP contribution in [0.15, 0.2) is 48.5 Å². The topological polar surface area (TPSA) is 97.8 Å². The SMILES string of the molecule is O=C(NC1[C@@H]2CC3C[C@H]1CC(O)(C3)C2)ON1CCN(c2ccc(C3CCN(C(=O)N4CCOCC4)CC3)cc2)c2ccccc21. The van der Waals surface area contributed by atoms with E-state index in [1.165, 1.54) is 5.56 Å². The highest BCUT2D eigenvalue weighted by Gasteiger charge is 2.55. The molecule has 3 heterocycles. The van der Waals surface area contributed by atoms with Crippen molar-refractivity contribution in [1.82, 2.24) is 15.1 Å². The molecule has 7 aliphatic rings. The van der Waals surface area contributed by atoms with Gasteiger partial charge >= 0.3 is 12.1 Å². The van der Waals surface area contributed by atoms with Gasteiger partial charge in [-0.1, -0.05) is 24.3 Å². The van der Waals surface area contributed by atoms with Gasteiger partial charge < -0.3 is 34.7 Å². The summed E-state index contributed by atoms with van der Waals surface area (Å²) < 4.78 is 5.40. The molecule has 5 atom stereocenters. The number of urea groups is 1. The first kappa shape index (κ1) is 28.9. The van der Waals surface area contributed by atoms with E-state index in [2.05, 4.69) is 40.5 Å². The number of nitrogens with one attached hydrogen (secondary N) is 1. The number of hydrogen-bond acceptors (Lipinski definition) is 7. The molecule has 3 aliphatic heterocycles. The van der Waals surface area contributed by atoms with Crippen molar-refractivity contribution in [3.63, 3.8) is 0 Å². The fraction of sp³-hybridized carbons (Fsp3) is 0.600. The number of hydrogen-bond donors (Lipinski definition) is 2. The van der Waals surface area contributed by atoms with Gasteiger partial charge in [0, 0.05) is 44.5 Å². The summed E-state index contributed by atoms with van der Waals surface area (Å²) in [6.45, 7) is 5.45. The largest absolute Gasteiger partial charge is 0.431 e. The summed E-state index contributed by atoms with van der Waals surface area (Å²) in [6, 6.07) is 17.2. The highest BCUT2D eigenvalue weighted by atomic mass is 16.7. The number of likely N-dealkylation sites (tertiary alicyclic amines) is 1. The van der Waals surface area contributed by atoms with E-state index in [0.717, 1.165) is 75.1 Å². The molecule has 4 saturated carbocycles. The number of fused-ring (bicyclic) bond motifs is 1. The molecular formula is C35H45N5O5. The number of nitrogens with zero attached hydrogens (tertiary/aromatic N) is 4. The summed E-state index contributed by atoms with van der Waals surface area (Å²) in [4.78, 5) is 38.3. The average molecular weight is 616 g/mol. The van der Waals surface area contributed by atoms with Gasteiger partial charge in [-0.05, 0) is 98.4 Å². The van der Waals surface area contributed by atoms with Crippen LogP contribution in [0.5, 0.6) is 0 Å². The van der Waals surface area contributed by atoms with Gasteiger partial charge in [0.15, 0.2) is 0 Å². The summed E-state index contributed by atoms with van der Waals surface area (Å²) in [5, 5.41) is 15.9. The van der Waals surface area contributed by atoms with Crippen LogP contribution in [-0.2, 0) is 9.57 Å². The minimum absolute atomic E-state index is 0.0851. The Hall–Kier alpha value is -3.50. The normalized spacial score (nSPS) is 31.1. The zero-order chi connectivity index (χ0) is 30.5. The summed E-state index contributed by atoms with van der Waals surface area (Å²) in [6.07, 6.45) is 6.25. The van der Waals surface area contributed by atoms with Crippen LogP contribution in [0.25, 0.3) is 0 Å². The lowest BCUT2D eigenvalue weighted by molar-refractivity contribution is -0.137. The Balaban J connectivity index is 0.889. The van der Waals surface area contributed by atoms with Crippen LogP contribution in [0.4, 0.5) is 26.7 Å². The number of rotatable bonds is 4. The molecule has 3 amide bonds. The fourth-order valence-electron chi connectivity index (χ4n) is 9.46. The van der Waals surface area contributed by atoms with Gasteiger partial charge in [0.1, 0.15) is 0 Å². The molecule has 4 bridgehead atoms. The molecule has 9 rings (SSSR count). The number of benzene rings is 2. The Kier molecular flexibility index (Phi) is 7.52. The van der Waals surface area contributed by atoms with Crippen molar-refractivity contribution < 1.29 is 24.3 Å². The van der Waals surface area contributed by atoms with Gasteiger partial charge in [-0.2, -0.15) is 0 Å². The molecular weight excluding hydrogens is 570 g/mol. The Morgan fingerprint density at radius 3 is 2.18 bits per heavy atom. The summed E-state index contributed by atoms with van der Waals surface area (Å²) >= 11 is 0. The third kappa shape index (κ3) is 5.60. The van der Waals surface area contributed by atoms with E-state index in [-0.39, 0.29) is 12.1 Å². The number of carbonyl (C=O) groups excluding carboxylic acids is 2. The fourth-order valence-corrected chi connectivity index (χ4v) is 9.46. The molecule has 6 fully saturated rings. The summed E-state index contributed by atoms with van der Waals surface area (Å²) in [5.74, 6) is 1.72. The third-order valence-electron chi connectivity index (χ3n) is 11.4. The van der Waals surface area contributed by atoms with E-state index >= 15 is 0 Å². The molecule has 10 nitrogen and oxygen atoms in total. The number of ether oxygens (including phenoxy) is 1. The molecule has 2 N–H and O–H groups in total. The number of anilines is 3. The maximum absolute atomic E-state index is 13.2. The monoisotopic (exact) mass is 615 g/mol. The van der Waals surface area contributed by atoms with Crippen LogP contribution in [0.1, 0.15) is 56.4 Å². The van der Waals surface area contributed by atoms with E-state index < -0.39 is 11.7 Å². The lowest BCUT2D eigenvalue weighted by Crippen LogP contribution is -2.62. The minimum atomic E-state index is -0.521. The maximum atomic E-state index is 13.2. The molecule has 2 saturated heterocycles. The first-order valence-electron chi connectivity index (χ1n) is 17.0. The van der Waals surface area contributed by atoms with E-state index in [0.29, 0.717) is 63.1 Å². The molecule has 0 spiro atoms. The Morgan fingerprint density at radius 2 is 1.49 bits per heavy atom. The second-order valence-electron chi connectivity index (χ2n) is 14.2. The maximum Gasteiger partial charge on any atom is 0.431 e. The standard InChI is InChI=1S/C35H45N5O5/c41-33(36-32-27-19-24-20-28(32)23-35(43,21-24)22-27)45-40-14-13-39(30-3-1-2-4-31(30)40)29-7-5-25(6-8-29)26-9-11-37(12-10-26)34(42)38-15-17-44-18-16-38/h1-8,24,26-28,32,43H,9-23H2,(H,36,41)/t24?,27-,28+,32?,35?. The molecule has 10 heteroatoms. The first-order valence-corrected chi connectivity index (χ1v) is 17.0. The minimum Gasteiger partial charge on any atom is -0.390 e. The summed E-state index contributed by atoms with van der Waals surface area (Å²) in [7, 11) is 0. The lowest BCUT2D eigenvalue weighted by atomic mass is 9.52. The van der Waals surface area contributed by atoms with Crippen molar-refractivity contribution in [2.24, 2.45) is 17.8 Å². The lowest BCUT2D eigenvalue weighted by Gasteiger charge is -2.57. The van der Waals surface area contributed by atoms with Crippen LogP contribution < -0.4 is 15.3 Å². The Bertz CT molecular complexity index is 1390. The highest BCUT2D eigenvalue weighted by molar-refractivity contribution is 5.80. The van der Waals surface area contributed by atoms with E-state index in [1.807, 2.05) is 28.0 Å². The Morgan fingerprint density at radius 1 is 0.822 bits per heavy atom.